The smallest absolute Gasteiger partial charge is 0.127 e. The summed E-state index contributed by atoms with van der Waals surface area (Å²) in [6, 6.07) is 13.6. The molecule has 0 aliphatic rings. The van der Waals surface area contributed by atoms with Crippen molar-refractivity contribution in [3.8, 4) is 0 Å². The number of hydrogen-bond donors (Lipinski definition) is 1. The van der Waals surface area contributed by atoms with Crippen molar-refractivity contribution < 1.29 is 4.39 Å². The van der Waals surface area contributed by atoms with Crippen molar-refractivity contribution in [1.82, 2.24) is 5.32 Å². The van der Waals surface area contributed by atoms with Crippen LogP contribution in [0.15, 0.2) is 56.3 Å². The van der Waals surface area contributed by atoms with Crippen molar-refractivity contribution in [1.29, 1.82) is 0 Å². The van der Waals surface area contributed by atoms with E-state index >= 15 is 0 Å². The molecule has 0 aliphatic carbocycles. The van der Waals surface area contributed by atoms with E-state index in [0.29, 0.717) is 6.42 Å². The molecule has 0 aliphatic heterocycles. The summed E-state index contributed by atoms with van der Waals surface area (Å²) in [6.45, 7) is 0. The highest BCUT2D eigenvalue weighted by atomic mass is 79.9. The summed E-state index contributed by atoms with van der Waals surface area (Å²) in [5.74, 6) is 0.727. The van der Waals surface area contributed by atoms with Crippen LogP contribution in [0.25, 0.3) is 0 Å². The molecule has 2 aromatic rings. The molecular weight excluding hydrogens is 417 g/mol. The number of rotatable bonds is 6. The zero-order valence-corrected chi connectivity index (χ0v) is 15.6. The van der Waals surface area contributed by atoms with Gasteiger partial charge in [-0.2, -0.15) is 0 Å². The van der Waals surface area contributed by atoms with Crippen LogP contribution in [-0.2, 0) is 6.42 Å². The average molecular weight is 433 g/mol. The van der Waals surface area contributed by atoms with Crippen LogP contribution in [0, 0.1) is 5.82 Å². The fourth-order valence-corrected chi connectivity index (χ4v) is 3.96. The van der Waals surface area contributed by atoms with Gasteiger partial charge in [-0.05, 0) is 59.2 Å². The first-order valence-corrected chi connectivity index (χ1v) is 9.16. The molecule has 0 radical (unpaired) electrons. The number of nitrogens with one attached hydrogen (secondary N) is 1. The standard InChI is InChI=1S/C16H16Br2FNS/c1-20-13(8-11-6-7-12(17)9-15(11)19)10-21-16-5-3-2-4-14(16)18/h2-7,9,13,20H,8,10H2,1H3. The molecule has 0 fully saturated rings. The van der Waals surface area contributed by atoms with Crippen molar-refractivity contribution in [2.45, 2.75) is 17.4 Å². The van der Waals surface area contributed by atoms with Crippen molar-refractivity contribution >= 4 is 43.6 Å². The lowest BCUT2D eigenvalue weighted by atomic mass is 10.1. The predicted octanol–water partition coefficient (Wildman–Crippen LogP) is 5.27. The van der Waals surface area contributed by atoms with Gasteiger partial charge in [0.2, 0.25) is 0 Å². The van der Waals surface area contributed by atoms with Crippen LogP contribution in [-0.4, -0.2) is 18.8 Å². The van der Waals surface area contributed by atoms with Crippen molar-refractivity contribution in [2.75, 3.05) is 12.8 Å². The van der Waals surface area contributed by atoms with Gasteiger partial charge in [0.05, 0.1) is 0 Å². The summed E-state index contributed by atoms with van der Waals surface area (Å²) in [6.07, 6.45) is 0.674. The second-order valence-corrected chi connectivity index (χ2v) is 7.50. The molecule has 2 rings (SSSR count). The van der Waals surface area contributed by atoms with Gasteiger partial charge in [0.25, 0.3) is 0 Å². The second-order valence-electron chi connectivity index (χ2n) is 4.67. The minimum atomic E-state index is -0.157. The van der Waals surface area contributed by atoms with Gasteiger partial charge in [-0.3, -0.25) is 0 Å². The number of thioether (sulfide) groups is 1. The highest BCUT2D eigenvalue weighted by molar-refractivity contribution is 9.10. The molecule has 0 bridgehead atoms. The van der Waals surface area contributed by atoms with Crippen molar-refractivity contribution in [3.05, 3.63) is 62.8 Å². The van der Waals surface area contributed by atoms with Crippen LogP contribution in [0.3, 0.4) is 0 Å². The minimum Gasteiger partial charge on any atom is -0.316 e. The molecule has 0 saturated carbocycles. The van der Waals surface area contributed by atoms with Gasteiger partial charge < -0.3 is 5.32 Å². The summed E-state index contributed by atoms with van der Waals surface area (Å²) in [5.41, 5.74) is 0.741. The van der Waals surface area contributed by atoms with E-state index < -0.39 is 0 Å². The molecule has 21 heavy (non-hydrogen) atoms. The Bertz CT molecular complexity index is 607. The molecule has 1 atom stereocenters. The van der Waals surface area contributed by atoms with E-state index in [1.54, 1.807) is 11.8 Å². The number of hydrogen-bond acceptors (Lipinski definition) is 2. The van der Waals surface area contributed by atoms with Crippen LogP contribution < -0.4 is 5.32 Å². The maximum Gasteiger partial charge on any atom is 0.127 e. The summed E-state index contributed by atoms with van der Waals surface area (Å²) in [4.78, 5) is 1.20. The zero-order valence-electron chi connectivity index (χ0n) is 11.6. The van der Waals surface area contributed by atoms with E-state index in [9.17, 15) is 4.39 Å². The van der Waals surface area contributed by atoms with E-state index in [4.69, 9.17) is 0 Å². The van der Waals surface area contributed by atoms with Gasteiger partial charge in [0.15, 0.2) is 0 Å². The van der Waals surface area contributed by atoms with Gasteiger partial charge in [-0.15, -0.1) is 11.8 Å². The number of likely N-dealkylation sites (N-methyl/N-ethyl adjacent to an activating group) is 1. The van der Waals surface area contributed by atoms with E-state index in [-0.39, 0.29) is 11.9 Å². The Morgan fingerprint density at radius 3 is 2.62 bits per heavy atom. The van der Waals surface area contributed by atoms with Crippen LogP contribution in [0.2, 0.25) is 0 Å². The monoisotopic (exact) mass is 431 g/mol. The molecule has 1 N–H and O–H groups in total. The first-order valence-electron chi connectivity index (χ1n) is 6.58. The van der Waals surface area contributed by atoms with Crippen LogP contribution in [0.1, 0.15) is 5.56 Å². The third-order valence-corrected chi connectivity index (χ3v) is 5.85. The molecule has 0 spiro atoms. The molecular formula is C16H16Br2FNS. The second kappa shape index (κ2) is 8.32. The predicted molar refractivity (Wildman–Crippen MR) is 95.5 cm³/mol. The number of benzene rings is 2. The minimum absolute atomic E-state index is 0.157. The Kier molecular flexibility index (Phi) is 6.74. The molecule has 0 aromatic heterocycles. The topological polar surface area (TPSA) is 12.0 Å². The Hall–Kier alpha value is -0.360. The Morgan fingerprint density at radius 2 is 1.95 bits per heavy atom. The quantitative estimate of drug-likeness (QED) is 0.623. The first-order chi connectivity index (χ1) is 10.1. The lowest BCUT2D eigenvalue weighted by molar-refractivity contribution is 0.568. The molecule has 2 aromatic carbocycles. The lowest BCUT2D eigenvalue weighted by Gasteiger charge is -2.17. The third-order valence-electron chi connectivity index (χ3n) is 3.17. The third kappa shape index (κ3) is 5.09. The molecule has 0 saturated heterocycles. The summed E-state index contributed by atoms with van der Waals surface area (Å²) in [7, 11) is 1.92. The average Bonchev–Trinajstić information content (AvgIpc) is 2.47. The van der Waals surface area contributed by atoms with E-state index in [0.717, 1.165) is 20.3 Å². The maximum atomic E-state index is 13.9. The Labute approximate surface area is 146 Å². The number of halogens is 3. The highest BCUT2D eigenvalue weighted by Gasteiger charge is 2.12. The van der Waals surface area contributed by atoms with Crippen LogP contribution in [0.5, 0.6) is 0 Å². The van der Waals surface area contributed by atoms with Gasteiger partial charge in [0, 0.05) is 25.6 Å². The molecule has 112 valence electrons. The fourth-order valence-electron chi connectivity index (χ4n) is 1.95. The summed E-state index contributed by atoms with van der Waals surface area (Å²) < 4.78 is 15.8. The Morgan fingerprint density at radius 1 is 1.19 bits per heavy atom. The van der Waals surface area contributed by atoms with Gasteiger partial charge >= 0.3 is 0 Å². The fraction of sp³-hybridized carbons (Fsp3) is 0.250. The van der Waals surface area contributed by atoms with Crippen LogP contribution >= 0.6 is 43.6 Å². The molecule has 1 nitrogen and oxygen atoms in total. The first kappa shape index (κ1) is 17.0. The SMILES string of the molecule is CNC(CSc1ccccc1Br)Cc1ccc(Br)cc1F. The highest BCUT2D eigenvalue weighted by Crippen LogP contribution is 2.28. The lowest BCUT2D eigenvalue weighted by Crippen LogP contribution is -2.30. The molecule has 0 amide bonds. The van der Waals surface area contributed by atoms with Crippen molar-refractivity contribution in [3.63, 3.8) is 0 Å². The molecule has 0 heterocycles. The van der Waals surface area contributed by atoms with Gasteiger partial charge in [0.1, 0.15) is 5.82 Å². The van der Waals surface area contributed by atoms with Gasteiger partial charge in [-0.25, -0.2) is 4.39 Å². The van der Waals surface area contributed by atoms with E-state index in [1.807, 2.05) is 37.4 Å². The molecule has 1 unspecified atom stereocenters. The maximum absolute atomic E-state index is 13.9. The Balaban J connectivity index is 1.99. The summed E-state index contributed by atoms with van der Waals surface area (Å²) >= 11 is 8.60. The zero-order chi connectivity index (χ0) is 15.2. The summed E-state index contributed by atoms with van der Waals surface area (Å²) in [5, 5.41) is 3.27. The van der Waals surface area contributed by atoms with E-state index in [1.165, 1.54) is 11.0 Å². The van der Waals surface area contributed by atoms with Crippen LogP contribution in [0.4, 0.5) is 4.39 Å². The van der Waals surface area contributed by atoms with Gasteiger partial charge in [-0.1, -0.05) is 34.1 Å². The molecule has 5 heteroatoms. The normalized spacial score (nSPS) is 12.4. The van der Waals surface area contributed by atoms with Crippen molar-refractivity contribution in [2.24, 2.45) is 0 Å². The largest absolute Gasteiger partial charge is 0.316 e. The van der Waals surface area contributed by atoms with E-state index in [2.05, 4.69) is 43.2 Å².